The zero-order chi connectivity index (χ0) is 17.4. The summed E-state index contributed by atoms with van der Waals surface area (Å²) < 4.78 is 0. The number of carbonyl (C=O) groups excluding carboxylic acids is 3. The number of non-ortho nitro benzene ring substituents is 1. The van der Waals surface area contributed by atoms with Crippen molar-refractivity contribution in [2.24, 2.45) is 11.8 Å². The predicted octanol–water partition coefficient (Wildman–Crippen LogP) is 1.58. The first-order chi connectivity index (χ1) is 11.4. The first-order valence-electron chi connectivity index (χ1n) is 7.47. The molecule has 1 aromatic rings. The molecule has 1 aliphatic carbocycles. The molecule has 1 N–H and O–H groups in total. The minimum absolute atomic E-state index is 0.00831. The molecule has 0 radical (unpaired) electrons. The Morgan fingerprint density at radius 2 is 2.00 bits per heavy atom. The third-order valence-corrected chi connectivity index (χ3v) is 4.36. The molecule has 8 heteroatoms. The summed E-state index contributed by atoms with van der Waals surface area (Å²) in [6.07, 6.45) is 2.90. The number of nitro groups is 1. The van der Waals surface area contributed by atoms with Gasteiger partial charge in [-0.25, -0.2) is 0 Å². The summed E-state index contributed by atoms with van der Waals surface area (Å²) in [5, 5.41) is 11.5. The minimum atomic E-state index is -0.733. The van der Waals surface area contributed by atoms with E-state index in [0.717, 1.165) is 16.6 Å². The maximum atomic E-state index is 12.4. The molecule has 0 saturated carbocycles. The Kier molecular flexibility index (Phi) is 3.88. The van der Waals surface area contributed by atoms with Crippen molar-refractivity contribution in [1.29, 1.82) is 0 Å². The van der Waals surface area contributed by atoms with E-state index in [9.17, 15) is 24.5 Å². The summed E-state index contributed by atoms with van der Waals surface area (Å²) in [4.78, 5) is 47.1. The van der Waals surface area contributed by atoms with Crippen molar-refractivity contribution >= 4 is 23.4 Å². The highest BCUT2D eigenvalue weighted by molar-refractivity contribution is 6.08. The van der Waals surface area contributed by atoms with Gasteiger partial charge in [-0.15, -0.1) is 0 Å². The van der Waals surface area contributed by atoms with Crippen molar-refractivity contribution in [3.8, 4) is 0 Å². The van der Waals surface area contributed by atoms with Crippen molar-refractivity contribution in [1.82, 2.24) is 10.4 Å². The molecule has 2 atom stereocenters. The Labute approximate surface area is 137 Å². The van der Waals surface area contributed by atoms with Crippen LogP contribution in [0.15, 0.2) is 35.9 Å². The van der Waals surface area contributed by atoms with Crippen molar-refractivity contribution in [3.05, 3.63) is 51.6 Å². The smallest absolute Gasteiger partial charge is 0.270 e. The third-order valence-electron chi connectivity index (χ3n) is 4.36. The largest absolute Gasteiger partial charge is 0.272 e. The van der Waals surface area contributed by atoms with Crippen LogP contribution in [-0.2, 0) is 9.59 Å². The molecule has 1 saturated heterocycles. The lowest BCUT2D eigenvalue weighted by molar-refractivity contribution is -0.384. The number of hydrazine groups is 1. The van der Waals surface area contributed by atoms with Crippen molar-refractivity contribution in [2.75, 3.05) is 0 Å². The Hall–Kier alpha value is -3.03. The molecule has 1 aliphatic heterocycles. The molecule has 1 heterocycles. The van der Waals surface area contributed by atoms with Gasteiger partial charge in [0.25, 0.3) is 23.4 Å². The Balaban J connectivity index is 1.78. The SMILES string of the molecule is CC1=CC[C@@H]2C(=O)N(NC(=O)c3cccc([N+](=O)[O-])c3)C(=O)[C@H]2C1. The van der Waals surface area contributed by atoms with Gasteiger partial charge in [0.05, 0.1) is 16.8 Å². The number of amides is 3. The van der Waals surface area contributed by atoms with Crippen molar-refractivity contribution in [3.63, 3.8) is 0 Å². The van der Waals surface area contributed by atoms with Crippen molar-refractivity contribution in [2.45, 2.75) is 19.8 Å². The molecular weight excluding hydrogens is 314 g/mol. The van der Waals surface area contributed by atoms with Gasteiger partial charge in [-0.1, -0.05) is 17.7 Å². The summed E-state index contributed by atoms with van der Waals surface area (Å²) in [5.74, 6) is -2.51. The van der Waals surface area contributed by atoms with Crippen molar-refractivity contribution < 1.29 is 19.3 Å². The summed E-state index contributed by atoms with van der Waals surface area (Å²) in [5.41, 5.74) is 3.10. The Bertz CT molecular complexity index is 786. The molecule has 3 rings (SSSR count). The number of hydrogen-bond donors (Lipinski definition) is 1. The number of nitrogens with one attached hydrogen (secondary N) is 1. The Morgan fingerprint density at radius 3 is 2.71 bits per heavy atom. The molecule has 0 bridgehead atoms. The van der Waals surface area contributed by atoms with E-state index < -0.39 is 34.5 Å². The van der Waals surface area contributed by atoms with Gasteiger partial charge in [0.15, 0.2) is 0 Å². The van der Waals surface area contributed by atoms with Gasteiger partial charge in [0.2, 0.25) is 0 Å². The number of imide groups is 1. The zero-order valence-electron chi connectivity index (χ0n) is 12.9. The van der Waals surface area contributed by atoms with E-state index in [2.05, 4.69) is 5.43 Å². The average molecular weight is 329 g/mol. The highest BCUT2D eigenvalue weighted by atomic mass is 16.6. The molecule has 24 heavy (non-hydrogen) atoms. The topological polar surface area (TPSA) is 110 Å². The lowest BCUT2D eigenvalue weighted by Crippen LogP contribution is -2.46. The van der Waals surface area contributed by atoms with Gasteiger partial charge in [-0.05, 0) is 25.8 Å². The number of benzene rings is 1. The van der Waals surface area contributed by atoms with Crippen LogP contribution in [0.25, 0.3) is 0 Å². The molecule has 0 spiro atoms. The van der Waals surface area contributed by atoms with Gasteiger partial charge < -0.3 is 0 Å². The number of nitrogens with zero attached hydrogens (tertiary/aromatic N) is 2. The minimum Gasteiger partial charge on any atom is -0.272 e. The van der Waals surface area contributed by atoms with Crippen LogP contribution in [0.3, 0.4) is 0 Å². The fourth-order valence-corrected chi connectivity index (χ4v) is 3.07. The number of carbonyl (C=O) groups is 3. The predicted molar refractivity (Wildman–Crippen MR) is 82.4 cm³/mol. The average Bonchev–Trinajstić information content (AvgIpc) is 2.79. The molecule has 1 fully saturated rings. The van der Waals surface area contributed by atoms with E-state index in [1.54, 1.807) is 0 Å². The van der Waals surface area contributed by atoms with Gasteiger partial charge in [-0.3, -0.25) is 29.9 Å². The lowest BCUT2D eigenvalue weighted by Gasteiger charge is -2.18. The number of fused-ring (bicyclic) bond motifs is 1. The summed E-state index contributed by atoms with van der Waals surface area (Å²) >= 11 is 0. The summed E-state index contributed by atoms with van der Waals surface area (Å²) in [7, 11) is 0. The zero-order valence-corrected chi connectivity index (χ0v) is 12.9. The normalized spacial score (nSPS) is 22.9. The maximum absolute atomic E-state index is 12.4. The molecule has 8 nitrogen and oxygen atoms in total. The van der Waals surface area contributed by atoms with Gasteiger partial charge in [0.1, 0.15) is 0 Å². The van der Waals surface area contributed by atoms with Crippen LogP contribution in [0.5, 0.6) is 0 Å². The molecular formula is C16H15N3O5. The van der Waals surface area contributed by atoms with Gasteiger partial charge in [-0.2, -0.15) is 5.01 Å². The monoisotopic (exact) mass is 329 g/mol. The van der Waals surface area contributed by atoms with E-state index in [1.807, 2.05) is 13.0 Å². The summed E-state index contributed by atoms with van der Waals surface area (Å²) in [6.45, 7) is 1.90. The standard InChI is InChI=1S/C16H15N3O5/c1-9-5-6-12-13(7-9)16(22)18(15(12)21)17-14(20)10-3-2-4-11(8-10)19(23)24/h2-5,8,12-13H,6-7H2,1H3,(H,17,20)/t12-,13-/m0/s1. The second-order valence-electron chi connectivity index (χ2n) is 5.96. The van der Waals surface area contributed by atoms with Crippen LogP contribution in [0, 0.1) is 22.0 Å². The van der Waals surface area contributed by atoms with Crippen LogP contribution in [0.1, 0.15) is 30.1 Å². The second-order valence-corrected chi connectivity index (χ2v) is 5.96. The molecule has 124 valence electrons. The third kappa shape index (κ3) is 2.66. The van der Waals surface area contributed by atoms with Crippen LogP contribution in [-0.4, -0.2) is 27.7 Å². The molecule has 0 unspecified atom stereocenters. The highest BCUT2D eigenvalue weighted by Gasteiger charge is 2.49. The number of allylic oxidation sites excluding steroid dienone is 2. The number of hydrogen-bond acceptors (Lipinski definition) is 5. The quantitative estimate of drug-likeness (QED) is 0.392. The highest BCUT2D eigenvalue weighted by Crippen LogP contribution is 2.36. The maximum Gasteiger partial charge on any atom is 0.270 e. The van der Waals surface area contributed by atoms with E-state index >= 15 is 0 Å². The van der Waals surface area contributed by atoms with Gasteiger partial charge in [0, 0.05) is 17.7 Å². The fourth-order valence-electron chi connectivity index (χ4n) is 3.07. The van der Waals surface area contributed by atoms with Crippen LogP contribution in [0.4, 0.5) is 5.69 Å². The number of rotatable bonds is 3. The van der Waals surface area contributed by atoms with E-state index in [1.165, 1.54) is 18.2 Å². The molecule has 1 aromatic carbocycles. The fraction of sp³-hybridized carbons (Fsp3) is 0.312. The van der Waals surface area contributed by atoms with E-state index in [0.29, 0.717) is 12.8 Å². The molecule has 3 amide bonds. The molecule has 0 aromatic heterocycles. The van der Waals surface area contributed by atoms with E-state index in [-0.39, 0.29) is 11.3 Å². The number of nitro benzene ring substituents is 1. The van der Waals surface area contributed by atoms with Crippen LogP contribution >= 0.6 is 0 Å². The van der Waals surface area contributed by atoms with Gasteiger partial charge >= 0.3 is 0 Å². The first kappa shape index (κ1) is 15.9. The van der Waals surface area contributed by atoms with Crippen LogP contribution in [0.2, 0.25) is 0 Å². The lowest BCUT2D eigenvalue weighted by atomic mass is 9.82. The molecule has 2 aliphatic rings. The Morgan fingerprint density at radius 1 is 1.29 bits per heavy atom. The van der Waals surface area contributed by atoms with E-state index in [4.69, 9.17) is 0 Å². The summed E-state index contributed by atoms with van der Waals surface area (Å²) in [6, 6.07) is 5.10. The first-order valence-corrected chi connectivity index (χ1v) is 7.47. The second kappa shape index (κ2) is 5.88. The van der Waals surface area contributed by atoms with Crippen LogP contribution < -0.4 is 5.43 Å².